The van der Waals surface area contributed by atoms with Gasteiger partial charge in [0.25, 0.3) is 0 Å². The quantitative estimate of drug-likeness (QED) is 0.777. The normalized spacial score (nSPS) is 11.0. The fourth-order valence-corrected chi connectivity index (χ4v) is 2.19. The third kappa shape index (κ3) is 3.00. The van der Waals surface area contributed by atoms with Gasteiger partial charge in [-0.15, -0.1) is 5.10 Å². The second-order valence-electron chi connectivity index (χ2n) is 4.76. The van der Waals surface area contributed by atoms with Gasteiger partial charge >= 0.3 is 0 Å². The van der Waals surface area contributed by atoms with Crippen LogP contribution in [-0.4, -0.2) is 27.7 Å². The van der Waals surface area contributed by atoms with Gasteiger partial charge in [-0.3, -0.25) is 0 Å². The molecule has 0 aliphatic rings. The van der Waals surface area contributed by atoms with E-state index < -0.39 is 0 Å². The molecule has 0 atom stereocenters. The van der Waals surface area contributed by atoms with E-state index in [0.29, 0.717) is 31.2 Å². The van der Waals surface area contributed by atoms with E-state index in [1.807, 2.05) is 35.2 Å². The van der Waals surface area contributed by atoms with Crippen LogP contribution in [0.5, 0.6) is 0 Å². The summed E-state index contributed by atoms with van der Waals surface area (Å²) in [5.74, 6) is 0.210. The molecule has 0 saturated heterocycles. The summed E-state index contributed by atoms with van der Waals surface area (Å²) in [7, 11) is 0. The number of hydrogen-bond acceptors (Lipinski definition) is 4. The Morgan fingerprint density at radius 1 is 1.14 bits per heavy atom. The number of rotatable bonds is 5. The summed E-state index contributed by atoms with van der Waals surface area (Å²) in [5, 5.41) is 4.32. The van der Waals surface area contributed by atoms with Crippen molar-refractivity contribution in [3.8, 4) is 0 Å². The highest BCUT2D eigenvalue weighted by Gasteiger charge is 2.13. The molecule has 2 aromatic heterocycles. The van der Waals surface area contributed by atoms with Gasteiger partial charge in [0.1, 0.15) is 5.82 Å². The number of nitrogens with zero attached hydrogens (tertiary/aromatic N) is 4. The molecule has 3 rings (SSSR count). The Bertz CT molecular complexity index is 725. The Labute approximate surface area is 121 Å². The number of nitrogens with two attached hydrogens (primary N) is 1. The minimum atomic E-state index is -0.340. The number of halogens is 1. The number of fused-ring (bicyclic) bond motifs is 1. The van der Waals surface area contributed by atoms with Crippen LogP contribution >= 0.6 is 0 Å². The van der Waals surface area contributed by atoms with Crippen LogP contribution < -0.4 is 10.6 Å². The molecule has 21 heavy (non-hydrogen) atoms. The van der Waals surface area contributed by atoms with Crippen molar-refractivity contribution < 1.29 is 4.39 Å². The first kappa shape index (κ1) is 13.5. The maximum Gasteiger partial charge on any atom is 0.246 e. The van der Waals surface area contributed by atoms with E-state index in [4.69, 9.17) is 5.73 Å². The molecule has 0 fully saturated rings. The highest BCUT2D eigenvalue weighted by Crippen LogP contribution is 2.14. The summed E-state index contributed by atoms with van der Waals surface area (Å²) < 4.78 is 14.7. The van der Waals surface area contributed by atoms with Crippen molar-refractivity contribution in [3.63, 3.8) is 0 Å². The van der Waals surface area contributed by atoms with Crippen LogP contribution in [0, 0.1) is 5.82 Å². The molecule has 5 nitrogen and oxygen atoms in total. The van der Waals surface area contributed by atoms with Gasteiger partial charge in [-0.25, -0.2) is 8.91 Å². The lowest BCUT2D eigenvalue weighted by Gasteiger charge is -2.20. The summed E-state index contributed by atoms with van der Waals surface area (Å²) >= 11 is 0. The predicted octanol–water partition coefficient (Wildman–Crippen LogP) is 1.83. The van der Waals surface area contributed by atoms with Crippen LogP contribution in [0.3, 0.4) is 0 Å². The van der Waals surface area contributed by atoms with Gasteiger partial charge in [-0.1, -0.05) is 30.3 Å². The molecule has 6 heteroatoms. The van der Waals surface area contributed by atoms with Crippen LogP contribution in [0.25, 0.3) is 5.65 Å². The zero-order valence-corrected chi connectivity index (χ0v) is 11.5. The molecule has 0 amide bonds. The van der Waals surface area contributed by atoms with Crippen LogP contribution in [0.15, 0.2) is 48.7 Å². The largest absolute Gasteiger partial charge is 0.334 e. The van der Waals surface area contributed by atoms with Gasteiger partial charge in [0.15, 0.2) is 5.65 Å². The zero-order chi connectivity index (χ0) is 14.7. The smallest absolute Gasteiger partial charge is 0.246 e. The first-order valence-electron chi connectivity index (χ1n) is 6.77. The highest BCUT2D eigenvalue weighted by atomic mass is 19.1. The average molecular weight is 285 g/mol. The molecule has 1 aromatic carbocycles. The predicted molar refractivity (Wildman–Crippen MR) is 79.5 cm³/mol. The van der Waals surface area contributed by atoms with Gasteiger partial charge in [0, 0.05) is 19.6 Å². The topological polar surface area (TPSA) is 59.5 Å². The summed E-state index contributed by atoms with van der Waals surface area (Å²) in [6, 6.07) is 13.0. The van der Waals surface area contributed by atoms with Crippen molar-refractivity contribution in [1.29, 1.82) is 0 Å². The number of benzene rings is 1. The summed E-state index contributed by atoms with van der Waals surface area (Å²) in [6.45, 7) is 1.79. The average Bonchev–Trinajstić information content (AvgIpc) is 2.91. The van der Waals surface area contributed by atoms with Gasteiger partial charge < -0.3 is 10.6 Å². The molecule has 3 aromatic rings. The zero-order valence-electron chi connectivity index (χ0n) is 11.5. The standard InChI is InChI=1S/C15H16FN5/c16-13-6-7-14-18-15(19-21(14)11-13)20(9-8-17)10-12-4-2-1-3-5-12/h1-7,11H,8-10,17H2. The lowest BCUT2D eigenvalue weighted by atomic mass is 10.2. The van der Waals surface area contributed by atoms with Crippen molar-refractivity contribution in [1.82, 2.24) is 14.6 Å². The summed E-state index contributed by atoms with van der Waals surface area (Å²) in [6.07, 6.45) is 1.31. The first-order chi connectivity index (χ1) is 10.3. The van der Waals surface area contributed by atoms with Crippen molar-refractivity contribution in [3.05, 3.63) is 60.0 Å². The first-order valence-corrected chi connectivity index (χ1v) is 6.77. The second kappa shape index (κ2) is 5.88. The molecule has 0 aliphatic carbocycles. The van der Waals surface area contributed by atoms with Crippen LogP contribution in [0.4, 0.5) is 10.3 Å². The minimum Gasteiger partial charge on any atom is -0.334 e. The molecular weight excluding hydrogens is 269 g/mol. The van der Waals surface area contributed by atoms with Crippen molar-refractivity contribution in [2.75, 3.05) is 18.0 Å². The second-order valence-corrected chi connectivity index (χ2v) is 4.76. The van der Waals surface area contributed by atoms with Gasteiger partial charge in [0.05, 0.1) is 6.20 Å². The number of pyridine rings is 1. The molecule has 0 unspecified atom stereocenters. The van der Waals surface area contributed by atoms with E-state index in [1.165, 1.54) is 16.8 Å². The molecule has 2 heterocycles. The Morgan fingerprint density at radius 2 is 1.95 bits per heavy atom. The number of aromatic nitrogens is 3. The molecule has 0 aliphatic heterocycles. The molecular formula is C15H16FN5. The SMILES string of the molecule is NCCN(Cc1ccccc1)c1nc2ccc(F)cn2n1. The van der Waals surface area contributed by atoms with Crippen LogP contribution in [0.2, 0.25) is 0 Å². The monoisotopic (exact) mass is 285 g/mol. The van der Waals surface area contributed by atoms with Gasteiger partial charge in [-0.2, -0.15) is 4.98 Å². The fourth-order valence-electron chi connectivity index (χ4n) is 2.19. The summed E-state index contributed by atoms with van der Waals surface area (Å²) in [5.41, 5.74) is 7.44. The van der Waals surface area contributed by atoms with Gasteiger partial charge in [0.2, 0.25) is 5.95 Å². The van der Waals surface area contributed by atoms with E-state index in [2.05, 4.69) is 10.1 Å². The van der Waals surface area contributed by atoms with E-state index >= 15 is 0 Å². The van der Waals surface area contributed by atoms with Crippen LogP contribution in [0.1, 0.15) is 5.56 Å². The van der Waals surface area contributed by atoms with E-state index in [1.54, 1.807) is 6.07 Å². The lowest BCUT2D eigenvalue weighted by Crippen LogP contribution is -2.29. The minimum absolute atomic E-state index is 0.340. The van der Waals surface area contributed by atoms with E-state index in [9.17, 15) is 4.39 Å². The van der Waals surface area contributed by atoms with Gasteiger partial charge in [-0.05, 0) is 17.7 Å². The fraction of sp³-hybridized carbons (Fsp3) is 0.200. The molecule has 108 valence electrons. The Kier molecular flexibility index (Phi) is 3.79. The molecule has 0 spiro atoms. The third-order valence-electron chi connectivity index (χ3n) is 3.18. The Morgan fingerprint density at radius 3 is 2.71 bits per heavy atom. The Balaban J connectivity index is 1.91. The molecule has 2 N–H and O–H groups in total. The number of anilines is 1. The maximum absolute atomic E-state index is 13.2. The lowest BCUT2D eigenvalue weighted by molar-refractivity contribution is 0.614. The Hall–Kier alpha value is -2.47. The maximum atomic E-state index is 13.2. The summed E-state index contributed by atoms with van der Waals surface area (Å²) in [4.78, 5) is 6.41. The third-order valence-corrected chi connectivity index (χ3v) is 3.18. The van der Waals surface area contributed by atoms with E-state index in [0.717, 1.165) is 5.56 Å². The molecule has 0 radical (unpaired) electrons. The molecule has 0 bridgehead atoms. The van der Waals surface area contributed by atoms with Crippen molar-refractivity contribution >= 4 is 11.6 Å². The highest BCUT2D eigenvalue weighted by molar-refractivity contribution is 5.45. The number of hydrogen-bond donors (Lipinski definition) is 1. The van der Waals surface area contributed by atoms with Crippen molar-refractivity contribution in [2.45, 2.75) is 6.54 Å². The van der Waals surface area contributed by atoms with Crippen LogP contribution in [-0.2, 0) is 6.54 Å². The van der Waals surface area contributed by atoms with E-state index in [-0.39, 0.29) is 5.82 Å². The molecule has 0 saturated carbocycles. The van der Waals surface area contributed by atoms with Crippen molar-refractivity contribution in [2.24, 2.45) is 5.73 Å².